The van der Waals surface area contributed by atoms with Crippen LogP contribution in [0.2, 0.25) is 10.0 Å². The van der Waals surface area contributed by atoms with E-state index < -0.39 is 41.6 Å². The molecule has 2 aromatic carbocycles. The van der Waals surface area contributed by atoms with E-state index in [0.717, 1.165) is 11.1 Å². The lowest BCUT2D eigenvalue weighted by Crippen LogP contribution is -2.56. The predicted octanol–water partition coefficient (Wildman–Crippen LogP) is 6.02. The Bertz CT molecular complexity index is 1070. The van der Waals surface area contributed by atoms with Gasteiger partial charge in [-0.15, -0.1) is 0 Å². The van der Waals surface area contributed by atoms with Crippen molar-refractivity contribution in [2.24, 2.45) is 17.3 Å². The lowest BCUT2D eigenvalue weighted by atomic mass is 9.60. The van der Waals surface area contributed by atoms with Gasteiger partial charge in [0.15, 0.2) is 0 Å². The molecule has 0 aliphatic carbocycles. The van der Waals surface area contributed by atoms with Gasteiger partial charge in [0.1, 0.15) is 0 Å². The molecule has 8 heteroatoms. The highest BCUT2D eigenvalue weighted by Gasteiger charge is 2.56. The molecule has 0 radical (unpaired) electrons. The molecule has 1 amide bonds. The minimum absolute atomic E-state index is 0.0430. The van der Waals surface area contributed by atoms with Gasteiger partial charge in [-0.1, -0.05) is 61.3 Å². The van der Waals surface area contributed by atoms with Crippen LogP contribution < -0.4 is 5.32 Å². The van der Waals surface area contributed by atoms with Gasteiger partial charge in [-0.05, 0) is 61.1 Å². The van der Waals surface area contributed by atoms with Crippen molar-refractivity contribution in [3.05, 3.63) is 69.7 Å². The predicted molar refractivity (Wildman–Crippen MR) is 135 cm³/mol. The van der Waals surface area contributed by atoms with E-state index in [4.69, 9.17) is 27.9 Å². The molecule has 0 unspecified atom stereocenters. The maximum atomic E-state index is 13.8. The lowest BCUT2D eigenvalue weighted by molar-refractivity contribution is -0.166. The van der Waals surface area contributed by atoms with Crippen molar-refractivity contribution in [2.45, 2.75) is 52.0 Å². The highest BCUT2D eigenvalue weighted by Crippen LogP contribution is 2.52. The summed E-state index contributed by atoms with van der Waals surface area (Å²) in [7, 11) is 0. The summed E-state index contributed by atoms with van der Waals surface area (Å²) in [6.07, 6.45) is -0.0121. The van der Waals surface area contributed by atoms with E-state index in [9.17, 15) is 19.5 Å². The maximum absolute atomic E-state index is 13.8. The smallest absolute Gasteiger partial charge is 0.310 e. The van der Waals surface area contributed by atoms with Crippen molar-refractivity contribution in [1.82, 2.24) is 5.32 Å². The quantitative estimate of drug-likeness (QED) is 0.394. The minimum Gasteiger partial charge on any atom is -0.481 e. The molecule has 188 valence electrons. The Morgan fingerprint density at radius 2 is 1.80 bits per heavy atom. The number of esters is 1. The van der Waals surface area contributed by atoms with Gasteiger partial charge in [-0.25, -0.2) is 0 Å². The van der Waals surface area contributed by atoms with E-state index in [2.05, 4.69) is 5.32 Å². The summed E-state index contributed by atoms with van der Waals surface area (Å²) >= 11 is 12.4. The molecule has 3 rings (SSSR count). The van der Waals surface area contributed by atoms with Crippen molar-refractivity contribution in [2.75, 3.05) is 6.61 Å². The number of ether oxygens (including phenoxy) is 1. The van der Waals surface area contributed by atoms with Gasteiger partial charge in [-0.3, -0.25) is 14.4 Å². The van der Waals surface area contributed by atoms with Gasteiger partial charge in [0, 0.05) is 16.0 Å². The summed E-state index contributed by atoms with van der Waals surface area (Å²) in [6, 6.07) is 14.0. The SMILES string of the molecule is CCOC(=O)[C@@H](CC(C)C)[C@]1(CC(=O)O)C[C@H](c2cccc(Cl)c2)[C@@H](c2ccc(Cl)cc2)NC1=O. The summed E-state index contributed by atoms with van der Waals surface area (Å²) < 4.78 is 5.35. The molecular weight excluding hydrogens is 489 g/mol. The minimum atomic E-state index is -1.49. The zero-order valence-corrected chi connectivity index (χ0v) is 21.6. The third-order valence-corrected chi connectivity index (χ3v) is 7.13. The Balaban J connectivity index is 2.17. The number of rotatable bonds is 9. The molecule has 1 heterocycles. The maximum Gasteiger partial charge on any atom is 0.310 e. The highest BCUT2D eigenvalue weighted by molar-refractivity contribution is 6.30. The van der Waals surface area contributed by atoms with E-state index in [0.29, 0.717) is 16.5 Å². The molecule has 1 saturated heterocycles. The van der Waals surface area contributed by atoms with E-state index in [1.54, 1.807) is 25.1 Å². The van der Waals surface area contributed by atoms with Gasteiger partial charge in [0.25, 0.3) is 0 Å². The Hall–Kier alpha value is -2.57. The molecule has 0 aromatic heterocycles. The van der Waals surface area contributed by atoms with Crippen molar-refractivity contribution in [3.63, 3.8) is 0 Å². The summed E-state index contributed by atoms with van der Waals surface area (Å²) in [5, 5.41) is 14.1. The molecular formula is C27H31Cl2NO5. The van der Waals surface area contributed by atoms with E-state index in [1.807, 2.05) is 44.2 Å². The monoisotopic (exact) mass is 519 g/mol. The molecule has 2 N–H and O–H groups in total. The Kier molecular flexibility index (Phi) is 8.84. The zero-order chi connectivity index (χ0) is 25.8. The number of halogens is 2. The number of hydrogen-bond acceptors (Lipinski definition) is 4. The van der Waals surface area contributed by atoms with Crippen LogP contribution in [-0.2, 0) is 19.1 Å². The number of amides is 1. The summed E-state index contributed by atoms with van der Waals surface area (Å²) in [5.41, 5.74) is 0.186. The van der Waals surface area contributed by atoms with Crippen LogP contribution in [-0.4, -0.2) is 29.6 Å². The largest absolute Gasteiger partial charge is 0.481 e. The van der Waals surface area contributed by atoms with Crippen molar-refractivity contribution in [1.29, 1.82) is 0 Å². The molecule has 4 atom stereocenters. The molecule has 1 fully saturated rings. The highest BCUT2D eigenvalue weighted by atomic mass is 35.5. The van der Waals surface area contributed by atoms with Crippen LogP contribution in [0.4, 0.5) is 0 Å². The van der Waals surface area contributed by atoms with Crippen LogP contribution in [0, 0.1) is 17.3 Å². The van der Waals surface area contributed by atoms with E-state index in [1.165, 1.54) is 0 Å². The first kappa shape index (κ1) is 27.0. The number of aliphatic carboxylic acids is 1. The number of carbonyl (C=O) groups is 3. The zero-order valence-electron chi connectivity index (χ0n) is 20.1. The van der Waals surface area contributed by atoms with E-state index >= 15 is 0 Å². The van der Waals surface area contributed by atoms with E-state index in [-0.39, 0.29) is 24.9 Å². The van der Waals surface area contributed by atoms with Crippen molar-refractivity contribution >= 4 is 41.0 Å². The van der Waals surface area contributed by atoms with Crippen molar-refractivity contribution in [3.8, 4) is 0 Å². The number of hydrogen-bond donors (Lipinski definition) is 2. The molecule has 35 heavy (non-hydrogen) atoms. The number of carboxylic acid groups (broad SMARTS) is 1. The van der Waals surface area contributed by atoms with Crippen LogP contribution in [0.3, 0.4) is 0 Å². The van der Waals surface area contributed by atoms with Crippen molar-refractivity contribution < 1.29 is 24.2 Å². The molecule has 0 bridgehead atoms. The molecule has 0 saturated carbocycles. The molecule has 1 aliphatic heterocycles. The summed E-state index contributed by atoms with van der Waals surface area (Å²) in [5.74, 6) is -3.36. The van der Waals surface area contributed by atoms with Gasteiger partial charge in [0.2, 0.25) is 5.91 Å². The second-order valence-electron chi connectivity index (χ2n) is 9.53. The fraction of sp³-hybridized carbons (Fsp3) is 0.444. The first-order valence-corrected chi connectivity index (χ1v) is 12.5. The van der Waals surface area contributed by atoms with Crippen LogP contribution in [0.1, 0.15) is 63.1 Å². The Labute approximate surface area is 216 Å². The second kappa shape index (κ2) is 11.4. The van der Waals surface area contributed by atoms with Crippen LogP contribution in [0.25, 0.3) is 0 Å². The average Bonchev–Trinajstić information content (AvgIpc) is 2.79. The topological polar surface area (TPSA) is 92.7 Å². The third kappa shape index (κ3) is 6.17. The number of carboxylic acids is 1. The first-order valence-electron chi connectivity index (χ1n) is 11.8. The number of benzene rings is 2. The van der Waals surface area contributed by atoms with Crippen LogP contribution in [0.5, 0.6) is 0 Å². The fourth-order valence-electron chi connectivity index (χ4n) is 5.13. The first-order chi connectivity index (χ1) is 16.6. The Morgan fingerprint density at radius 3 is 2.37 bits per heavy atom. The van der Waals surface area contributed by atoms with Gasteiger partial charge < -0.3 is 15.2 Å². The number of nitrogens with one attached hydrogen (secondary N) is 1. The van der Waals surface area contributed by atoms with Gasteiger partial charge >= 0.3 is 11.9 Å². The molecule has 0 spiro atoms. The van der Waals surface area contributed by atoms with Gasteiger partial charge in [-0.2, -0.15) is 0 Å². The second-order valence-corrected chi connectivity index (χ2v) is 10.4. The molecule has 2 aromatic rings. The summed E-state index contributed by atoms with van der Waals surface area (Å²) in [4.78, 5) is 39.1. The average molecular weight is 520 g/mol. The lowest BCUT2D eigenvalue weighted by Gasteiger charge is -2.47. The normalized spacial score (nSPS) is 23.0. The Morgan fingerprint density at radius 1 is 1.11 bits per heavy atom. The fourth-order valence-corrected chi connectivity index (χ4v) is 5.45. The third-order valence-electron chi connectivity index (χ3n) is 6.64. The number of carbonyl (C=O) groups excluding carboxylic acids is 2. The van der Waals surface area contributed by atoms with Crippen LogP contribution >= 0.6 is 23.2 Å². The molecule has 1 aliphatic rings. The number of piperidine rings is 1. The standard InChI is InChI=1S/C27H31Cl2NO5/c1-4-35-25(33)22(12-16(2)3)27(15-23(31)32)14-21(18-6-5-7-20(29)13-18)24(30-26(27)34)17-8-10-19(28)11-9-17/h5-11,13,16,21-22,24H,4,12,14-15H2,1-3H3,(H,30,34)(H,31,32)/t21-,22-,24-,27-/m1/s1. The summed E-state index contributed by atoms with van der Waals surface area (Å²) in [6.45, 7) is 5.71. The molecule has 6 nitrogen and oxygen atoms in total. The van der Waals surface area contributed by atoms with Crippen LogP contribution in [0.15, 0.2) is 48.5 Å². The van der Waals surface area contributed by atoms with Gasteiger partial charge in [0.05, 0.1) is 30.4 Å².